The molecule has 0 bridgehead atoms. The Bertz CT molecular complexity index is 290. The molecule has 0 aromatic carbocycles. The van der Waals surface area contributed by atoms with Gasteiger partial charge in [0.2, 0.25) is 0 Å². The summed E-state index contributed by atoms with van der Waals surface area (Å²) in [6, 6.07) is 2.64. The fourth-order valence-electron chi connectivity index (χ4n) is 4.96. The monoisotopic (exact) mass is 217 g/mol. The van der Waals surface area contributed by atoms with Crippen LogP contribution in [0.1, 0.15) is 57.8 Å². The van der Waals surface area contributed by atoms with E-state index in [2.05, 4.69) is 6.07 Å². The first-order chi connectivity index (χ1) is 7.90. The van der Waals surface area contributed by atoms with Gasteiger partial charge in [-0.15, -0.1) is 0 Å². The first-order valence-corrected chi connectivity index (χ1v) is 7.30. The van der Waals surface area contributed by atoms with Crippen LogP contribution in [0.3, 0.4) is 0 Å². The van der Waals surface area contributed by atoms with Gasteiger partial charge in [0.05, 0.1) is 6.07 Å². The lowest BCUT2D eigenvalue weighted by atomic mass is 9.55. The van der Waals surface area contributed by atoms with E-state index >= 15 is 0 Å². The number of fused-ring (bicyclic) bond motifs is 3. The third kappa shape index (κ3) is 1.67. The molecule has 1 heteroatoms. The molecule has 88 valence electrons. The highest BCUT2D eigenvalue weighted by Crippen LogP contribution is 2.53. The molecule has 3 fully saturated rings. The Labute approximate surface area is 99.2 Å². The molecule has 0 saturated heterocycles. The molecule has 5 atom stereocenters. The van der Waals surface area contributed by atoms with Crippen LogP contribution in [0, 0.1) is 40.9 Å². The average Bonchev–Trinajstić information content (AvgIpc) is 2.38. The Morgan fingerprint density at radius 2 is 1.38 bits per heavy atom. The lowest BCUT2D eigenvalue weighted by molar-refractivity contribution is 0.00355. The largest absolute Gasteiger partial charge is 0.198 e. The zero-order valence-electron chi connectivity index (χ0n) is 10.2. The van der Waals surface area contributed by atoms with Gasteiger partial charge in [-0.1, -0.05) is 32.1 Å². The highest BCUT2D eigenvalue weighted by atomic mass is 14.5. The molecule has 0 heterocycles. The summed E-state index contributed by atoms with van der Waals surface area (Å²) in [4.78, 5) is 0. The quantitative estimate of drug-likeness (QED) is 0.598. The molecule has 16 heavy (non-hydrogen) atoms. The van der Waals surface area contributed by atoms with Gasteiger partial charge in [0.25, 0.3) is 0 Å². The maximum atomic E-state index is 9.37. The first-order valence-electron chi connectivity index (χ1n) is 7.30. The summed E-state index contributed by atoms with van der Waals surface area (Å²) >= 11 is 0. The van der Waals surface area contributed by atoms with Crippen LogP contribution >= 0.6 is 0 Å². The lowest BCUT2D eigenvalue weighted by Gasteiger charge is -2.50. The summed E-state index contributed by atoms with van der Waals surface area (Å²) in [7, 11) is 0. The number of rotatable bonds is 0. The summed E-state index contributed by atoms with van der Waals surface area (Å²) in [5.41, 5.74) is 0. The highest BCUT2D eigenvalue weighted by molar-refractivity contribution is 5.01. The second-order valence-corrected chi connectivity index (χ2v) is 6.29. The van der Waals surface area contributed by atoms with E-state index in [4.69, 9.17) is 0 Å². The molecule has 1 nitrogen and oxygen atoms in total. The van der Waals surface area contributed by atoms with Crippen molar-refractivity contribution in [3.8, 4) is 6.07 Å². The van der Waals surface area contributed by atoms with Crippen LogP contribution in [0.4, 0.5) is 0 Å². The molecule has 3 aliphatic rings. The summed E-state index contributed by atoms with van der Waals surface area (Å²) in [5, 5.41) is 9.37. The predicted octanol–water partition coefficient (Wildman–Crippen LogP) is 4.14. The Morgan fingerprint density at radius 3 is 2.12 bits per heavy atom. The minimum absolute atomic E-state index is 0.407. The molecular weight excluding hydrogens is 194 g/mol. The van der Waals surface area contributed by atoms with Gasteiger partial charge in [0, 0.05) is 5.92 Å². The number of hydrogen-bond donors (Lipinski definition) is 0. The summed E-state index contributed by atoms with van der Waals surface area (Å²) in [6.45, 7) is 0. The third-order valence-electron chi connectivity index (χ3n) is 5.63. The Hall–Kier alpha value is -0.510. The van der Waals surface area contributed by atoms with E-state index < -0.39 is 0 Å². The zero-order chi connectivity index (χ0) is 11.0. The molecule has 0 radical (unpaired) electrons. The fraction of sp³-hybridized carbons (Fsp3) is 0.933. The van der Waals surface area contributed by atoms with Crippen molar-refractivity contribution < 1.29 is 0 Å². The molecular formula is C15H23N. The topological polar surface area (TPSA) is 23.8 Å². The number of nitrogens with zero attached hydrogens (tertiary/aromatic N) is 1. The van der Waals surface area contributed by atoms with Crippen molar-refractivity contribution in [2.45, 2.75) is 57.8 Å². The van der Waals surface area contributed by atoms with Crippen LogP contribution < -0.4 is 0 Å². The van der Waals surface area contributed by atoms with Crippen molar-refractivity contribution in [3.05, 3.63) is 0 Å². The van der Waals surface area contributed by atoms with E-state index in [1.807, 2.05) is 0 Å². The van der Waals surface area contributed by atoms with E-state index in [1.54, 1.807) is 0 Å². The second kappa shape index (κ2) is 4.40. The SMILES string of the molecule is N#CC1CC2CCCCC2C2CCCCC12. The molecule has 0 spiro atoms. The van der Waals surface area contributed by atoms with Crippen LogP contribution in [0.15, 0.2) is 0 Å². The van der Waals surface area contributed by atoms with Gasteiger partial charge in [-0.25, -0.2) is 0 Å². The van der Waals surface area contributed by atoms with Crippen LogP contribution in [0.25, 0.3) is 0 Å². The van der Waals surface area contributed by atoms with Crippen molar-refractivity contribution in [2.75, 3.05) is 0 Å². The second-order valence-electron chi connectivity index (χ2n) is 6.29. The molecule has 0 aromatic heterocycles. The Kier molecular flexibility index (Phi) is 2.92. The third-order valence-corrected chi connectivity index (χ3v) is 5.63. The lowest BCUT2D eigenvalue weighted by Crippen LogP contribution is -2.42. The van der Waals surface area contributed by atoms with Crippen molar-refractivity contribution in [1.82, 2.24) is 0 Å². The number of hydrogen-bond acceptors (Lipinski definition) is 1. The van der Waals surface area contributed by atoms with Gasteiger partial charge in [0.15, 0.2) is 0 Å². The fourth-order valence-corrected chi connectivity index (χ4v) is 4.96. The average molecular weight is 217 g/mol. The van der Waals surface area contributed by atoms with Crippen molar-refractivity contribution >= 4 is 0 Å². The zero-order valence-corrected chi connectivity index (χ0v) is 10.2. The molecule has 0 aliphatic heterocycles. The summed E-state index contributed by atoms with van der Waals surface area (Å²) in [6.07, 6.45) is 12.6. The van der Waals surface area contributed by atoms with Crippen LogP contribution in [-0.2, 0) is 0 Å². The molecule has 0 amide bonds. The highest BCUT2D eigenvalue weighted by Gasteiger charge is 2.45. The predicted molar refractivity (Wildman–Crippen MR) is 64.6 cm³/mol. The molecule has 0 aromatic rings. The summed E-state index contributed by atoms with van der Waals surface area (Å²) < 4.78 is 0. The minimum Gasteiger partial charge on any atom is -0.198 e. The molecule has 3 saturated carbocycles. The van der Waals surface area contributed by atoms with Crippen molar-refractivity contribution in [2.24, 2.45) is 29.6 Å². The molecule has 3 rings (SSSR count). The minimum atomic E-state index is 0.407. The van der Waals surface area contributed by atoms with E-state index in [-0.39, 0.29) is 0 Å². The maximum absolute atomic E-state index is 9.37. The molecule has 0 N–H and O–H groups in total. The van der Waals surface area contributed by atoms with Crippen LogP contribution in [-0.4, -0.2) is 0 Å². The Balaban J connectivity index is 1.82. The molecule has 5 unspecified atom stereocenters. The normalized spacial score (nSPS) is 47.6. The van der Waals surface area contributed by atoms with E-state index in [1.165, 1.54) is 57.8 Å². The van der Waals surface area contributed by atoms with E-state index in [0.717, 1.165) is 23.7 Å². The Morgan fingerprint density at radius 1 is 0.750 bits per heavy atom. The van der Waals surface area contributed by atoms with Gasteiger partial charge >= 0.3 is 0 Å². The van der Waals surface area contributed by atoms with E-state index in [9.17, 15) is 5.26 Å². The van der Waals surface area contributed by atoms with Gasteiger partial charge in [-0.05, 0) is 49.4 Å². The van der Waals surface area contributed by atoms with Gasteiger partial charge in [0.1, 0.15) is 0 Å². The van der Waals surface area contributed by atoms with Crippen molar-refractivity contribution in [3.63, 3.8) is 0 Å². The van der Waals surface area contributed by atoms with Crippen LogP contribution in [0.2, 0.25) is 0 Å². The summed E-state index contributed by atoms with van der Waals surface area (Å²) in [5.74, 6) is 4.03. The van der Waals surface area contributed by atoms with Gasteiger partial charge in [-0.2, -0.15) is 5.26 Å². The first kappa shape index (κ1) is 10.6. The smallest absolute Gasteiger partial charge is 0.0658 e. The van der Waals surface area contributed by atoms with E-state index in [0.29, 0.717) is 5.92 Å². The van der Waals surface area contributed by atoms with Gasteiger partial charge < -0.3 is 0 Å². The number of nitriles is 1. The molecule has 3 aliphatic carbocycles. The maximum Gasteiger partial charge on any atom is 0.0658 e. The van der Waals surface area contributed by atoms with Crippen molar-refractivity contribution in [1.29, 1.82) is 5.26 Å². The van der Waals surface area contributed by atoms with Gasteiger partial charge in [-0.3, -0.25) is 0 Å². The van der Waals surface area contributed by atoms with Crippen LogP contribution in [0.5, 0.6) is 0 Å². The standard InChI is InChI=1S/C15H23N/c16-10-12-9-11-5-1-2-6-13(11)15-8-4-3-7-14(12)15/h11-15H,1-9H2.